The van der Waals surface area contributed by atoms with Crippen LogP contribution >= 0.6 is 0 Å². The highest BCUT2D eigenvalue weighted by molar-refractivity contribution is 6.06. The van der Waals surface area contributed by atoms with E-state index in [1.165, 1.54) is 0 Å². The molecule has 2 aromatic rings. The van der Waals surface area contributed by atoms with Crippen LogP contribution in [0.4, 0.5) is 0 Å². The molecule has 2 unspecified atom stereocenters. The fraction of sp³-hybridized carbons (Fsp3) is 0.267. The van der Waals surface area contributed by atoms with Gasteiger partial charge in [-0.2, -0.15) is 0 Å². The third kappa shape index (κ3) is 2.77. The number of benzene rings is 1. The van der Waals surface area contributed by atoms with Gasteiger partial charge in [-0.3, -0.25) is 14.6 Å². The highest BCUT2D eigenvalue weighted by atomic mass is 16.4. The second-order valence-corrected chi connectivity index (χ2v) is 4.76. The average Bonchev–Trinajstić information content (AvgIpc) is 2.45. The van der Waals surface area contributed by atoms with E-state index in [-0.39, 0.29) is 5.91 Å². The summed E-state index contributed by atoms with van der Waals surface area (Å²) in [5.41, 5.74) is 1.24. The second kappa shape index (κ2) is 5.69. The summed E-state index contributed by atoms with van der Waals surface area (Å²) in [5.74, 6) is -1.87. The fourth-order valence-electron chi connectivity index (χ4n) is 1.92. The summed E-state index contributed by atoms with van der Waals surface area (Å²) >= 11 is 0. The molecule has 1 aromatic heterocycles. The first-order valence-corrected chi connectivity index (χ1v) is 6.38. The third-order valence-electron chi connectivity index (χ3n) is 3.39. The molecule has 104 valence electrons. The Bertz CT molecular complexity index is 649. The first-order chi connectivity index (χ1) is 9.50. The van der Waals surface area contributed by atoms with Crippen molar-refractivity contribution in [1.29, 1.82) is 0 Å². The molecule has 0 saturated carbocycles. The molecule has 0 aliphatic heterocycles. The van der Waals surface area contributed by atoms with Crippen LogP contribution in [0.15, 0.2) is 36.5 Å². The van der Waals surface area contributed by atoms with Crippen LogP contribution in [-0.2, 0) is 4.79 Å². The lowest BCUT2D eigenvalue weighted by Gasteiger charge is -2.18. The van der Waals surface area contributed by atoms with Gasteiger partial charge in [0.1, 0.15) is 0 Å². The maximum atomic E-state index is 12.3. The smallest absolute Gasteiger partial charge is 0.308 e. The number of para-hydroxylation sites is 1. The zero-order chi connectivity index (χ0) is 14.7. The quantitative estimate of drug-likeness (QED) is 0.893. The summed E-state index contributed by atoms with van der Waals surface area (Å²) in [6.45, 7) is 3.25. The molecule has 0 radical (unpaired) electrons. The van der Waals surface area contributed by atoms with E-state index in [9.17, 15) is 9.59 Å². The molecule has 5 heteroatoms. The minimum atomic E-state index is -0.933. The summed E-state index contributed by atoms with van der Waals surface area (Å²) in [7, 11) is 0. The molecule has 0 aliphatic rings. The number of hydrogen-bond donors (Lipinski definition) is 2. The van der Waals surface area contributed by atoms with Gasteiger partial charge in [0.2, 0.25) is 0 Å². The van der Waals surface area contributed by atoms with E-state index < -0.39 is 17.9 Å². The Morgan fingerprint density at radius 1 is 1.20 bits per heavy atom. The van der Waals surface area contributed by atoms with Crippen molar-refractivity contribution in [3.05, 3.63) is 42.1 Å². The normalized spacial score (nSPS) is 13.7. The van der Waals surface area contributed by atoms with Crippen LogP contribution in [0.5, 0.6) is 0 Å². The van der Waals surface area contributed by atoms with Gasteiger partial charge in [-0.05, 0) is 26.0 Å². The van der Waals surface area contributed by atoms with Gasteiger partial charge in [-0.1, -0.05) is 18.2 Å². The Hall–Kier alpha value is -2.43. The van der Waals surface area contributed by atoms with Gasteiger partial charge >= 0.3 is 5.97 Å². The number of carboxylic acid groups (broad SMARTS) is 1. The molecule has 0 aliphatic carbocycles. The Balaban J connectivity index is 2.26. The first kappa shape index (κ1) is 14.0. The molecular weight excluding hydrogens is 256 g/mol. The Labute approximate surface area is 116 Å². The molecule has 20 heavy (non-hydrogen) atoms. The maximum absolute atomic E-state index is 12.3. The molecule has 2 rings (SSSR count). The Morgan fingerprint density at radius 2 is 1.90 bits per heavy atom. The van der Waals surface area contributed by atoms with Crippen LogP contribution in [0, 0.1) is 5.92 Å². The Morgan fingerprint density at radius 3 is 2.60 bits per heavy atom. The molecule has 5 nitrogen and oxygen atoms in total. The largest absolute Gasteiger partial charge is 0.481 e. The van der Waals surface area contributed by atoms with Crippen molar-refractivity contribution in [3.63, 3.8) is 0 Å². The number of hydrogen-bond acceptors (Lipinski definition) is 3. The van der Waals surface area contributed by atoms with Crippen LogP contribution in [-0.4, -0.2) is 28.0 Å². The standard InChI is InChI=1S/C15H16N2O3/c1-9(15(19)20)10(2)17-14(18)12-7-8-16-13-6-4-3-5-11(12)13/h3-10H,1-2H3,(H,17,18)(H,19,20). The molecule has 0 saturated heterocycles. The first-order valence-electron chi connectivity index (χ1n) is 6.38. The van der Waals surface area contributed by atoms with Gasteiger partial charge in [0, 0.05) is 17.6 Å². The van der Waals surface area contributed by atoms with Gasteiger partial charge in [0.25, 0.3) is 5.91 Å². The lowest BCUT2D eigenvalue weighted by Crippen LogP contribution is -2.40. The van der Waals surface area contributed by atoms with E-state index in [1.807, 2.05) is 24.3 Å². The minimum absolute atomic E-state index is 0.288. The summed E-state index contributed by atoms with van der Waals surface area (Å²) in [6, 6.07) is 8.52. The number of aromatic nitrogens is 1. The highest BCUT2D eigenvalue weighted by Gasteiger charge is 2.22. The SMILES string of the molecule is CC(NC(=O)c1ccnc2ccccc12)C(C)C(=O)O. The number of carbonyl (C=O) groups is 2. The predicted molar refractivity (Wildman–Crippen MR) is 75.5 cm³/mol. The highest BCUT2D eigenvalue weighted by Crippen LogP contribution is 2.16. The maximum Gasteiger partial charge on any atom is 0.308 e. The van der Waals surface area contributed by atoms with Crippen LogP contribution in [0.2, 0.25) is 0 Å². The number of amides is 1. The van der Waals surface area contributed by atoms with E-state index in [0.717, 1.165) is 10.9 Å². The van der Waals surface area contributed by atoms with Gasteiger partial charge in [0.15, 0.2) is 0 Å². The number of fused-ring (bicyclic) bond motifs is 1. The third-order valence-corrected chi connectivity index (χ3v) is 3.39. The molecule has 0 bridgehead atoms. The van der Waals surface area contributed by atoms with Gasteiger partial charge in [0.05, 0.1) is 17.0 Å². The van der Waals surface area contributed by atoms with Gasteiger partial charge < -0.3 is 10.4 Å². The van der Waals surface area contributed by atoms with E-state index in [1.54, 1.807) is 26.1 Å². The van der Waals surface area contributed by atoms with Crippen LogP contribution in [0.1, 0.15) is 24.2 Å². The van der Waals surface area contributed by atoms with Crippen molar-refractivity contribution < 1.29 is 14.7 Å². The topological polar surface area (TPSA) is 79.3 Å². The summed E-state index contributed by atoms with van der Waals surface area (Å²) in [5, 5.41) is 12.4. The molecule has 2 atom stereocenters. The number of aliphatic carboxylic acids is 1. The van der Waals surface area contributed by atoms with Crippen molar-refractivity contribution in [3.8, 4) is 0 Å². The molecule has 1 aromatic carbocycles. The second-order valence-electron chi connectivity index (χ2n) is 4.76. The summed E-state index contributed by atoms with van der Waals surface area (Å²) in [6.07, 6.45) is 1.57. The lowest BCUT2D eigenvalue weighted by atomic mass is 10.0. The van der Waals surface area contributed by atoms with Crippen LogP contribution in [0.25, 0.3) is 10.9 Å². The van der Waals surface area contributed by atoms with Crippen molar-refractivity contribution in [2.24, 2.45) is 5.92 Å². The molecule has 0 spiro atoms. The van der Waals surface area contributed by atoms with Crippen molar-refractivity contribution in [2.75, 3.05) is 0 Å². The van der Waals surface area contributed by atoms with Gasteiger partial charge in [-0.25, -0.2) is 0 Å². The monoisotopic (exact) mass is 272 g/mol. The van der Waals surface area contributed by atoms with Crippen LogP contribution in [0.3, 0.4) is 0 Å². The zero-order valence-corrected chi connectivity index (χ0v) is 11.3. The number of carboxylic acids is 1. The van der Waals surface area contributed by atoms with Crippen LogP contribution < -0.4 is 5.32 Å². The van der Waals surface area contributed by atoms with E-state index in [0.29, 0.717) is 5.56 Å². The van der Waals surface area contributed by atoms with Crippen molar-refractivity contribution in [1.82, 2.24) is 10.3 Å². The van der Waals surface area contributed by atoms with Crippen molar-refractivity contribution >= 4 is 22.8 Å². The van der Waals surface area contributed by atoms with Gasteiger partial charge in [-0.15, -0.1) is 0 Å². The number of nitrogens with zero attached hydrogens (tertiary/aromatic N) is 1. The van der Waals surface area contributed by atoms with Crippen molar-refractivity contribution in [2.45, 2.75) is 19.9 Å². The number of pyridine rings is 1. The number of nitrogens with one attached hydrogen (secondary N) is 1. The van der Waals surface area contributed by atoms with E-state index in [4.69, 9.17) is 5.11 Å². The fourth-order valence-corrected chi connectivity index (χ4v) is 1.92. The molecular formula is C15H16N2O3. The summed E-state index contributed by atoms with van der Waals surface area (Å²) in [4.78, 5) is 27.4. The molecule has 0 fully saturated rings. The lowest BCUT2D eigenvalue weighted by molar-refractivity contribution is -0.141. The molecule has 1 amide bonds. The number of carbonyl (C=O) groups excluding carboxylic acids is 1. The zero-order valence-electron chi connectivity index (χ0n) is 11.3. The average molecular weight is 272 g/mol. The minimum Gasteiger partial charge on any atom is -0.481 e. The predicted octanol–water partition coefficient (Wildman–Crippen LogP) is 2.07. The summed E-state index contributed by atoms with van der Waals surface area (Å²) < 4.78 is 0. The molecule has 2 N–H and O–H groups in total. The Kier molecular flexibility index (Phi) is 3.98. The molecule has 1 heterocycles. The van der Waals surface area contributed by atoms with E-state index >= 15 is 0 Å². The number of rotatable bonds is 4. The van der Waals surface area contributed by atoms with E-state index in [2.05, 4.69) is 10.3 Å².